The van der Waals surface area contributed by atoms with Gasteiger partial charge in [-0.15, -0.1) is 0 Å². The SMILES string of the molecule is Cc1nccn1CC1CN(C(=O)Cc2ccccc2Cl)C1. The largest absolute Gasteiger partial charge is 0.342 e. The Labute approximate surface area is 129 Å². The number of nitrogens with zero attached hydrogens (tertiary/aromatic N) is 3. The second-order valence-corrected chi connectivity index (χ2v) is 5.97. The van der Waals surface area contributed by atoms with Crippen molar-refractivity contribution in [2.45, 2.75) is 19.9 Å². The highest BCUT2D eigenvalue weighted by Gasteiger charge is 2.30. The number of likely N-dealkylation sites (tertiary alicyclic amines) is 1. The Morgan fingerprint density at radius 3 is 2.81 bits per heavy atom. The van der Waals surface area contributed by atoms with Crippen LogP contribution in [-0.4, -0.2) is 33.4 Å². The van der Waals surface area contributed by atoms with E-state index in [9.17, 15) is 4.79 Å². The first-order valence-corrected chi connectivity index (χ1v) is 7.50. The normalized spacial score (nSPS) is 15.0. The fraction of sp³-hybridized carbons (Fsp3) is 0.375. The zero-order chi connectivity index (χ0) is 14.8. The number of rotatable bonds is 4. The fourth-order valence-electron chi connectivity index (χ4n) is 2.68. The van der Waals surface area contributed by atoms with Crippen molar-refractivity contribution in [3.8, 4) is 0 Å². The van der Waals surface area contributed by atoms with Crippen molar-refractivity contribution in [3.63, 3.8) is 0 Å². The Morgan fingerprint density at radius 2 is 2.14 bits per heavy atom. The lowest BCUT2D eigenvalue weighted by molar-refractivity contribution is -0.137. The Balaban J connectivity index is 1.51. The molecule has 0 bridgehead atoms. The van der Waals surface area contributed by atoms with Crippen molar-refractivity contribution in [3.05, 3.63) is 53.1 Å². The molecule has 2 aromatic rings. The van der Waals surface area contributed by atoms with Crippen LogP contribution in [0.2, 0.25) is 5.02 Å². The Kier molecular flexibility index (Phi) is 3.97. The number of aryl methyl sites for hydroxylation is 1. The molecule has 1 aromatic carbocycles. The highest BCUT2D eigenvalue weighted by Crippen LogP contribution is 2.21. The van der Waals surface area contributed by atoms with E-state index in [-0.39, 0.29) is 5.91 Å². The molecule has 1 fully saturated rings. The molecule has 0 N–H and O–H groups in total. The van der Waals surface area contributed by atoms with Gasteiger partial charge in [-0.2, -0.15) is 0 Å². The van der Waals surface area contributed by atoms with Crippen LogP contribution in [0.25, 0.3) is 0 Å². The predicted molar refractivity (Wildman–Crippen MR) is 82.2 cm³/mol. The molecule has 1 aliphatic heterocycles. The monoisotopic (exact) mass is 303 g/mol. The van der Waals surface area contributed by atoms with Crippen molar-refractivity contribution >= 4 is 17.5 Å². The van der Waals surface area contributed by atoms with Crippen LogP contribution in [0.4, 0.5) is 0 Å². The summed E-state index contributed by atoms with van der Waals surface area (Å²) in [7, 11) is 0. The number of carbonyl (C=O) groups excluding carboxylic acids is 1. The van der Waals surface area contributed by atoms with Gasteiger partial charge in [-0.25, -0.2) is 4.98 Å². The number of hydrogen-bond acceptors (Lipinski definition) is 2. The number of amides is 1. The summed E-state index contributed by atoms with van der Waals surface area (Å²) in [4.78, 5) is 18.3. The van der Waals surface area contributed by atoms with Crippen molar-refractivity contribution in [1.29, 1.82) is 0 Å². The first-order valence-electron chi connectivity index (χ1n) is 7.12. The van der Waals surface area contributed by atoms with Crippen molar-refractivity contribution in [1.82, 2.24) is 14.5 Å². The molecule has 1 saturated heterocycles. The third-order valence-corrected chi connectivity index (χ3v) is 4.36. The maximum Gasteiger partial charge on any atom is 0.227 e. The summed E-state index contributed by atoms with van der Waals surface area (Å²) < 4.78 is 2.14. The topological polar surface area (TPSA) is 38.1 Å². The van der Waals surface area contributed by atoms with Gasteiger partial charge < -0.3 is 9.47 Å². The molecule has 0 unspecified atom stereocenters. The third kappa shape index (κ3) is 3.10. The van der Waals surface area contributed by atoms with Crippen LogP contribution >= 0.6 is 11.6 Å². The average molecular weight is 304 g/mol. The van der Waals surface area contributed by atoms with Gasteiger partial charge in [-0.3, -0.25) is 4.79 Å². The number of carbonyl (C=O) groups is 1. The molecule has 1 aliphatic rings. The van der Waals surface area contributed by atoms with Crippen LogP contribution in [0, 0.1) is 12.8 Å². The average Bonchev–Trinajstić information content (AvgIpc) is 2.81. The second kappa shape index (κ2) is 5.90. The molecule has 1 amide bonds. The van der Waals surface area contributed by atoms with Gasteiger partial charge in [0.15, 0.2) is 0 Å². The van der Waals surface area contributed by atoms with E-state index in [1.165, 1.54) is 0 Å². The molecule has 5 heteroatoms. The number of halogens is 1. The van der Waals surface area contributed by atoms with Gasteiger partial charge in [0.05, 0.1) is 6.42 Å². The highest BCUT2D eigenvalue weighted by molar-refractivity contribution is 6.31. The molecule has 0 atom stereocenters. The van der Waals surface area contributed by atoms with Gasteiger partial charge >= 0.3 is 0 Å². The summed E-state index contributed by atoms with van der Waals surface area (Å²) in [6.45, 7) is 4.57. The van der Waals surface area contributed by atoms with E-state index in [0.29, 0.717) is 17.4 Å². The minimum atomic E-state index is 0.154. The van der Waals surface area contributed by atoms with E-state index in [4.69, 9.17) is 11.6 Å². The molecule has 0 aliphatic carbocycles. The summed E-state index contributed by atoms with van der Waals surface area (Å²) in [6, 6.07) is 7.52. The maximum atomic E-state index is 12.2. The third-order valence-electron chi connectivity index (χ3n) is 3.99. The van der Waals surface area contributed by atoms with Crippen molar-refractivity contribution in [2.24, 2.45) is 5.92 Å². The molecule has 0 radical (unpaired) electrons. The highest BCUT2D eigenvalue weighted by atomic mass is 35.5. The van der Waals surface area contributed by atoms with E-state index in [1.54, 1.807) is 0 Å². The predicted octanol–water partition coefficient (Wildman–Crippen LogP) is 2.55. The summed E-state index contributed by atoms with van der Waals surface area (Å²) >= 11 is 6.09. The van der Waals surface area contributed by atoms with Crippen LogP contribution < -0.4 is 0 Å². The van der Waals surface area contributed by atoms with E-state index in [2.05, 4.69) is 9.55 Å². The zero-order valence-corrected chi connectivity index (χ0v) is 12.8. The van der Waals surface area contributed by atoms with Gasteiger partial charge in [0, 0.05) is 43.0 Å². The number of benzene rings is 1. The maximum absolute atomic E-state index is 12.2. The Hall–Kier alpha value is -1.81. The number of imidazole rings is 1. The van der Waals surface area contributed by atoms with Crippen molar-refractivity contribution < 1.29 is 4.79 Å². The lowest BCUT2D eigenvalue weighted by Crippen LogP contribution is -2.51. The first-order chi connectivity index (χ1) is 10.1. The van der Waals surface area contributed by atoms with Crippen LogP contribution in [0.5, 0.6) is 0 Å². The molecule has 21 heavy (non-hydrogen) atoms. The fourth-order valence-corrected chi connectivity index (χ4v) is 2.88. The minimum Gasteiger partial charge on any atom is -0.342 e. The van der Waals surface area contributed by atoms with Crippen LogP contribution in [-0.2, 0) is 17.8 Å². The molecule has 110 valence electrons. The van der Waals surface area contributed by atoms with Crippen LogP contribution in [0.3, 0.4) is 0 Å². The van der Waals surface area contributed by atoms with Crippen LogP contribution in [0.15, 0.2) is 36.7 Å². The smallest absolute Gasteiger partial charge is 0.227 e. The molecule has 1 aromatic heterocycles. The lowest BCUT2D eigenvalue weighted by atomic mass is 9.98. The molecule has 2 heterocycles. The van der Waals surface area contributed by atoms with Gasteiger partial charge in [0.2, 0.25) is 5.91 Å². The zero-order valence-electron chi connectivity index (χ0n) is 12.0. The summed E-state index contributed by atoms with van der Waals surface area (Å²) in [5.41, 5.74) is 0.901. The molecule has 3 rings (SSSR count). The Morgan fingerprint density at radius 1 is 1.38 bits per heavy atom. The summed E-state index contributed by atoms with van der Waals surface area (Å²) in [5, 5.41) is 0.664. The summed E-state index contributed by atoms with van der Waals surface area (Å²) in [5.74, 6) is 1.70. The van der Waals surface area contributed by atoms with E-state index in [1.807, 2.05) is 48.5 Å². The van der Waals surface area contributed by atoms with E-state index >= 15 is 0 Å². The quantitative estimate of drug-likeness (QED) is 0.870. The van der Waals surface area contributed by atoms with Gasteiger partial charge in [-0.05, 0) is 18.6 Å². The van der Waals surface area contributed by atoms with Gasteiger partial charge in [0.25, 0.3) is 0 Å². The van der Waals surface area contributed by atoms with Crippen LogP contribution in [0.1, 0.15) is 11.4 Å². The number of hydrogen-bond donors (Lipinski definition) is 0. The van der Waals surface area contributed by atoms with Gasteiger partial charge in [-0.1, -0.05) is 29.8 Å². The van der Waals surface area contributed by atoms with E-state index in [0.717, 1.165) is 31.0 Å². The number of aromatic nitrogens is 2. The minimum absolute atomic E-state index is 0.154. The van der Waals surface area contributed by atoms with E-state index < -0.39 is 0 Å². The molecule has 0 saturated carbocycles. The molecular formula is C16H18ClN3O. The standard InChI is InChI=1S/C16H18ClN3O/c1-12-18-6-7-19(12)9-13-10-20(11-13)16(21)8-14-4-2-3-5-15(14)17/h2-7,13H,8-11H2,1H3. The van der Waals surface area contributed by atoms with Crippen molar-refractivity contribution in [2.75, 3.05) is 13.1 Å². The lowest BCUT2D eigenvalue weighted by Gasteiger charge is -2.39. The van der Waals surface area contributed by atoms with Gasteiger partial charge in [0.1, 0.15) is 5.82 Å². The molecule has 0 spiro atoms. The Bertz CT molecular complexity index is 646. The molecule has 4 nitrogen and oxygen atoms in total. The molecular weight excluding hydrogens is 286 g/mol. The second-order valence-electron chi connectivity index (χ2n) is 5.56. The summed E-state index contributed by atoms with van der Waals surface area (Å²) in [6.07, 6.45) is 4.19. The first kappa shape index (κ1) is 14.1.